The maximum absolute atomic E-state index is 12.6. The lowest BCUT2D eigenvalue weighted by atomic mass is 9.79. The van der Waals surface area contributed by atoms with E-state index in [1.165, 1.54) is 35.5 Å². The molecule has 2 bridgehead atoms. The third-order valence-corrected chi connectivity index (χ3v) is 6.93. The van der Waals surface area contributed by atoms with Gasteiger partial charge in [-0.15, -0.1) is 0 Å². The monoisotopic (exact) mass is 383 g/mol. The number of hydrogen-bond acceptors (Lipinski definition) is 6. The Balaban J connectivity index is 1.41. The minimum Gasteiger partial charge on any atom is -0.420 e. The van der Waals surface area contributed by atoms with Crippen LogP contribution in [0.25, 0.3) is 0 Å². The van der Waals surface area contributed by atoms with E-state index in [0.29, 0.717) is 32.2 Å². The molecule has 0 saturated carbocycles. The Kier molecular flexibility index (Phi) is 4.51. The Morgan fingerprint density at radius 3 is 2.88 bits per heavy atom. The van der Waals surface area contributed by atoms with E-state index in [0.717, 1.165) is 13.1 Å². The van der Waals surface area contributed by atoms with Crippen LogP contribution >= 0.6 is 34.3 Å². The van der Waals surface area contributed by atoms with Gasteiger partial charge in [-0.25, -0.2) is 0 Å². The maximum Gasteiger partial charge on any atom is 0.280 e. The van der Waals surface area contributed by atoms with Crippen molar-refractivity contribution in [1.29, 1.82) is 0 Å². The molecule has 0 radical (unpaired) electrons. The molecular formula is C16H18ClN3O2S2. The summed E-state index contributed by atoms with van der Waals surface area (Å²) in [5, 5.41) is 6.50. The predicted octanol–water partition coefficient (Wildman–Crippen LogP) is 3.86. The van der Waals surface area contributed by atoms with Crippen molar-refractivity contribution in [2.24, 2.45) is 5.92 Å². The summed E-state index contributed by atoms with van der Waals surface area (Å²) in [6.45, 7) is 4.53. The maximum atomic E-state index is 12.6. The molecule has 0 aliphatic carbocycles. The molecule has 8 heteroatoms. The Bertz CT molecular complexity index is 737. The van der Waals surface area contributed by atoms with Gasteiger partial charge < -0.3 is 10.1 Å². The van der Waals surface area contributed by atoms with Crippen LogP contribution in [0.2, 0.25) is 5.15 Å². The van der Waals surface area contributed by atoms with Crippen molar-refractivity contribution >= 4 is 40.2 Å². The van der Waals surface area contributed by atoms with E-state index in [9.17, 15) is 4.79 Å². The molecule has 5 rings (SSSR count). The average molecular weight is 384 g/mol. The van der Waals surface area contributed by atoms with Gasteiger partial charge in [-0.05, 0) is 50.9 Å². The first-order chi connectivity index (χ1) is 11.6. The second-order valence-corrected chi connectivity index (χ2v) is 8.52. The highest BCUT2D eigenvalue weighted by atomic mass is 35.5. The highest BCUT2D eigenvalue weighted by Crippen LogP contribution is 2.34. The van der Waals surface area contributed by atoms with Crippen LogP contribution in [0.3, 0.4) is 0 Å². The Morgan fingerprint density at radius 2 is 2.21 bits per heavy atom. The van der Waals surface area contributed by atoms with Crippen LogP contribution in [0.1, 0.15) is 29.4 Å². The summed E-state index contributed by atoms with van der Waals surface area (Å²) in [7, 11) is 0. The minimum atomic E-state index is -0.0161. The Hall–Kier alpha value is -1.15. The number of nitrogens with one attached hydrogen (secondary N) is 1. The van der Waals surface area contributed by atoms with E-state index in [-0.39, 0.29) is 11.9 Å². The van der Waals surface area contributed by atoms with Crippen molar-refractivity contribution in [3.8, 4) is 10.3 Å². The van der Waals surface area contributed by atoms with Crippen LogP contribution in [0.5, 0.6) is 10.3 Å². The normalized spacial score (nSPS) is 28.8. The number of halogens is 1. The smallest absolute Gasteiger partial charge is 0.280 e. The number of fused-ring (bicyclic) bond motifs is 3. The molecule has 2 atom stereocenters. The molecule has 5 nitrogen and oxygen atoms in total. The van der Waals surface area contributed by atoms with E-state index < -0.39 is 0 Å². The van der Waals surface area contributed by atoms with Crippen LogP contribution in [-0.2, 0) is 0 Å². The number of hydrogen-bond donors (Lipinski definition) is 1. The summed E-state index contributed by atoms with van der Waals surface area (Å²) in [6.07, 6.45) is 2.36. The fraction of sp³-hybridized carbons (Fsp3) is 0.500. The number of nitrogens with zero attached hydrogens (tertiary/aromatic N) is 2. The molecule has 2 aromatic rings. The van der Waals surface area contributed by atoms with E-state index in [4.69, 9.17) is 16.3 Å². The van der Waals surface area contributed by atoms with Crippen LogP contribution in [-0.4, -0.2) is 41.0 Å². The van der Waals surface area contributed by atoms with Crippen LogP contribution in [0.4, 0.5) is 0 Å². The number of aromatic nitrogens is 1. The lowest BCUT2D eigenvalue weighted by Gasteiger charge is -2.49. The SMILES string of the molecule is CC1C(NC(=O)c2ccc(Oc3nc(Cl)cs3)s2)C2CCN1CC2. The van der Waals surface area contributed by atoms with Crippen LogP contribution < -0.4 is 10.1 Å². The minimum absolute atomic E-state index is 0.0161. The van der Waals surface area contributed by atoms with Crippen molar-refractivity contribution in [3.63, 3.8) is 0 Å². The van der Waals surface area contributed by atoms with Gasteiger partial charge in [0.15, 0.2) is 5.06 Å². The number of carbonyl (C=O) groups is 1. The zero-order valence-corrected chi connectivity index (χ0v) is 15.6. The predicted molar refractivity (Wildman–Crippen MR) is 96.5 cm³/mol. The number of amides is 1. The number of rotatable bonds is 4. The number of piperidine rings is 3. The van der Waals surface area contributed by atoms with Gasteiger partial charge in [0.25, 0.3) is 11.1 Å². The average Bonchev–Trinajstić information content (AvgIpc) is 3.21. The van der Waals surface area contributed by atoms with E-state index >= 15 is 0 Å². The number of thiazole rings is 1. The zero-order chi connectivity index (χ0) is 16.7. The van der Waals surface area contributed by atoms with E-state index in [1.807, 2.05) is 0 Å². The van der Waals surface area contributed by atoms with Crippen molar-refractivity contribution in [2.45, 2.75) is 31.8 Å². The molecule has 3 aliphatic rings. The van der Waals surface area contributed by atoms with Gasteiger partial charge in [-0.2, -0.15) is 4.98 Å². The highest BCUT2D eigenvalue weighted by Gasteiger charge is 2.40. The molecule has 3 fully saturated rings. The van der Waals surface area contributed by atoms with Gasteiger partial charge in [0.05, 0.1) is 4.88 Å². The first-order valence-electron chi connectivity index (χ1n) is 8.04. The molecule has 2 aromatic heterocycles. The largest absolute Gasteiger partial charge is 0.420 e. The number of thiophene rings is 1. The summed E-state index contributed by atoms with van der Waals surface area (Å²) < 4.78 is 5.64. The Labute approximate surface area is 153 Å². The van der Waals surface area contributed by atoms with Crippen molar-refractivity contribution in [1.82, 2.24) is 15.2 Å². The first-order valence-corrected chi connectivity index (χ1v) is 10.1. The molecule has 0 aromatic carbocycles. The van der Waals surface area contributed by atoms with Gasteiger partial charge in [0.1, 0.15) is 5.15 Å². The molecule has 1 N–H and O–H groups in total. The van der Waals surface area contributed by atoms with Crippen LogP contribution in [0.15, 0.2) is 17.5 Å². The zero-order valence-electron chi connectivity index (χ0n) is 13.2. The Morgan fingerprint density at radius 1 is 1.42 bits per heavy atom. The van der Waals surface area contributed by atoms with Crippen molar-refractivity contribution in [2.75, 3.05) is 13.1 Å². The quantitative estimate of drug-likeness (QED) is 0.870. The molecule has 128 valence electrons. The second kappa shape index (κ2) is 6.63. The third kappa shape index (κ3) is 3.18. The summed E-state index contributed by atoms with van der Waals surface area (Å²) in [5.41, 5.74) is 0. The molecule has 2 unspecified atom stereocenters. The van der Waals surface area contributed by atoms with E-state index in [1.54, 1.807) is 17.5 Å². The van der Waals surface area contributed by atoms with Crippen LogP contribution in [0, 0.1) is 5.92 Å². The number of ether oxygens (including phenoxy) is 1. The second-order valence-electron chi connectivity index (χ2n) is 6.27. The molecular weight excluding hydrogens is 366 g/mol. The third-order valence-electron chi connectivity index (χ3n) is 4.92. The standard InChI is InChI=1S/C16H18ClN3O2S2/c1-9-14(10-4-6-20(9)7-5-10)19-15(21)11-2-3-13(24-11)22-16-18-12(17)8-23-16/h2-3,8-10,14H,4-7H2,1H3,(H,19,21). The fourth-order valence-corrected chi connectivity index (χ4v) is 5.25. The molecule has 5 heterocycles. The van der Waals surface area contributed by atoms with Crippen molar-refractivity contribution in [3.05, 3.63) is 27.5 Å². The lowest BCUT2D eigenvalue weighted by molar-refractivity contribution is 0.0218. The van der Waals surface area contributed by atoms with Crippen molar-refractivity contribution < 1.29 is 9.53 Å². The van der Waals surface area contributed by atoms with Gasteiger partial charge in [-0.1, -0.05) is 34.3 Å². The number of carbonyl (C=O) groups excluding carboxylic acids is 1. The van der Waals surface area contributed by atoms with Gasteiger partial charge >= 0.3 is 0 Å². The highest BCUT2D eigenvalue weighted by molar-refractivity contribution is 7.16. The molecule has 3 aliphatic heterocycles. The van der Waals surface area contributed by atoms with Gasteiger partial charge in [0, 0.05) is 17.5 Å². The van der Waals surface area contributed by atoms with E-state index in [2.05, 4.69) is 22.1 Å². The first kappa shape index (κ1) is 16.3. The summed E-state index contributed by atoms with van der Waals surface area (Å²) in [4.78, 5) is 19.8. The van der Waals surface area contributed by atoms with Gasteiger partial charge in [0.2, 0.25) is 0 Å². The van der Waals surface area contributed by atoms with Gasteiger partial charge in [-0.3, -0.25) is 9.69 Å². The topological polar surface area (TPSA) is 54.5 Å². The summed E-state index contributed by atoms with van der Waals surface area (Å²) in [5.74, 6) is 0.583. The molecule has 1 amide bonds. The molecule has 3 saturated heterocycles. The summed E-state index contributed by atoms with van der Waals surface area (Å²) in [6, 6.07) is 4.25. The lowest BCUT2D eigenvalue weighted by Crippen LogP contribution is -2.62. The summed E-state index contributed by atoms with van der Waals surface area (Å²) >= 11 is 8.45. The fourth-order valence-electron chi connectivity index (χ4n) is 3.64. The molecule has 24 heavy (non-hydrogen) atoms. The molecule has 0 spiro atoms.